The number of carbonyl (C=O) groups excluding carboxylic acids is 1. The highest BCUT2D eigenvalue weighted by molar-refractivity contribution is 6.30. The van der Waals surface area contributed by atoms with Crippen molar-refractivity contribution in [1.29, 1.82) is 0 Å². The van der Waals surface area contributed by atoms with Crippen LogP contribution in [0.2, 0.25) is 5.02 Å². The van der Waals surface area contributed by atoms with Gasteiger partial charge in [-0.15, -0.1) is 0 Å². The topological polar surface area (TPSA) is 49.3 Å². The fourth-order valence-corrected chi connectivity index (χ4v) is 2.58. The number of aliphatic hydroxyl groups excluding tert-OH is 1. The minimum atomic E-state index is -0.476. The Morgan fingerprint density at radius 3 is 2.70 bits per heavy atom. The maximum atomic E-state index is 11.3. The SMILES string of the molecule is O=CC1NC(c2cccc(Cl)c2)=C(O)c2ccccc21. The van der Waals surface area contributed by atoms with Gasteiger partial charge in [-0.05, 0) is 17.7 Å². The third-order valence-electron chi connectivity index (χ3n) is 3.34. The molecule has 20 heavy (non-hydrogen) atoms. The molecule has 1 aliphatic rings. The lowest BCUT2D eigenvalue weighted by atomic mass is 9.93. The van der Waals surface area contributed by atoms with Gasteiger partial charge in [-0.2, -0.15) is 0 Å². The van der Waals surface area contributed by atoms with E-state index in [0.717, 1.165) is 17.4 Å². The summed E-state index contributed by atoms with van der Waals surface area (Å²) in [5.74, 6) is 0.126. The lowest BCUT2D eigenvalue weighted by molar-refractivity contribution is -0.109. The van der Waals surface area contributed by atoms with E-state index in [1.54, 1.807) is 24.3 Å². The van der Waals surface area contributed by atoms with Crippen LogP contribution in [0.1, 0.15) is 22.7 Å². The summed E-state index contributed by atoms with van der Waals surface area (Å²) in [6.07, 6.45) is 0.829. The van der Waals surface area contributed by atoms with Crippen LogP contribution >= 0.6 is 11.6 Å². The van der Waals surface area contributed by atoms with Gasteiger partial charge in [-0.3, -0.25) is 0 Å². The average Bonchev–Trinajstić information content (AvgIpc) is 2.48. The van der Waals surface area contributed by atoms with Crippen molar-refractivity contribution in [2.45, 2.75) is 6.04 Å². The third-order valence-corrected chi connectivity index (χ3v) is 3.57. The molecule has 100 valence electrons. The summed E-state index contributed by atoms with van der Waals surface area (Å²) in [4.78, 5) is 11.3. The van der Waals surface area contributed by atoms with Gasteiger partial charge in [-0.1, -0.05) is 48.0 Å². The first-order valence-corrected chi connectivity index (χ1v) is 6.59. The van der Waals surface area contributed by atoms with Crippen molar-refractivity contribution in [3.63, 3.8) is 0 Å². The second-order valence-electron chi connectivity index (χ2n) is 4.58. The van der Waals surface area contributed by atoms with Crippen LogP contribution < -0.4 is 5.32 Å². The zero-order chi connectivity index (χ0) is 14.1. The monoisotopic (exact) mass is 285 g/mol. The number of rotatable bonds is 2. The Morgan fingerprint density at radius 1 is 1.15 bits per heavy atom. The number of aldehydes is 1. The summed E-state index contributed by atoms with van der Waals surface area (Å²) in [6.45, 7) is 0. The first-order chi connectivity index (χ1) is 9.70. The Labute approximate surface area is 121 Å². The van der Waals surface area contributed by atoms with Crippen LogP contribution in [-0.4, -0.2) is 11.4 Å². The molecular weight excluding hydrogens is 274 g/mol. The minimum absolute atomic E-state index is 0.126. The predicted molar refractivity (Wildman–Crippen MR) is 79.3 cm³/mol. The zero-order valence-corrected chi connectivity index (χ0v) is 11.3. The lowest BCUT2D eigenvalue weighted by Gasteiger charge is -2.26. The summed E-state index contributed by atoms with van der Waals surface area (Å²) in [7, 11) is 0. The molecule has 1 heterocycles. The number of carbonyl (C=O) groups is 1. The molecule has 0 saturated heterocycles. The smallest absolute Gasteiger partial charge is 0.146 e. The lowest BCUT2D eigenvalue weighted by Crippen LogP contribution is -2.27. The number of hydrogen-bond donors (Lipinski definition) is 2. The standard InChI is InChI=1S/C16H12ClNO2/c17-11-5-3-4-10(8-11)15-16(20)13-7-2-1-6-12(13)14(9-19)18-15/h1-9,14,18,20H. The van der Waals surface area contributed by atoms with Gasteiger partial charge >= 0.3 is 0 Å². The van der Waals surface area contributed by atoms with Crippen molar-refractivity contribution in [3.8, 4) is 0 Å². The summed E-state index contributed by atoms with van der Waals surface area (Å²) in [5, 5.41) is 14.1. The van der Waals surface area contributed by atoms with Crippen LogP contribution in [-0.2, 0) is 4.79 Å². The van der Waals surface area contributed by atoms with Crippen LogP contribution in [0.15, 0.2) is 48.5 Å². The molecule has 0 spiro atoms. The van der Waals surface area contributed by atoms with Gasteiger partial charge in [0.1, 0.15) is 18.1 Å². The molecule has 0 saturated carbocycles. The van der Waals surface area contributed by atoms with Gasteiger partial charge in [0, 0.05) is 16.1 Å². The van der Waals surface area contributed by atoms with Gasteiger partial charge in [0.2, 0.25) is 0 Å². The van der Waals surface area contributed by atoms with Crippen molar-refractivity contribution in [2.75, 3.05) is 0 Å². The molecule has 0 amide bonds. The van der Waals surface area contributed by atoms with Gasteiger partial charge in [0.05, 0.1) is 5.70 Å². The Morgan fingerprint density at radius 2 is 1.95 bits per heavy atom. The summed E-state index contributed by atoms with van der Waals surface area (Å²) in [6, 6.07) is 14.0. The van der Waals surface area contributed by atoms with E-state index in [2.05, 4.69) is 5.32 Å². The van der Waals surface area contributed by atoms with Crippen LogP contribution in [0, 0.1) is 0 Å². The molecule has 3 rings (SSSR count). The summed E-state index contributed by atoms with van der Waals surface area (Å²) < 4.78 is 0. The van der Waals surface area contributed by atoms with Crippen molar-refractivity contribution >= 4 is 29.3 Å². The largest absolute Gasteiger partial charge is 0.505 e. The number of halogens is 1. The Balaban J connectivity index is 2.19. The molecule has 2 aromatic carbocycles. The van der Waals surface area contributed by atoms with Crippen molar-refractivity contribution in [1.82, 2.24) is 5.32 Å². The highest BCUT2D eigenvalue weighted by atomic mass is 35.5. The van der Waals surface area contributed by atoms with E-state index in [4.69, 9.17) is 11.6 Å². The molecular formula is C16H12ClNO2. The van der Waals surface area contributed by atoms with Gasteiger partial charge in [0.15, 0.2) is 0 Å². The van der Waals surface area contributed by atoms with Gasteiger partial charge in [0.25, 0.3) is 0 Å². The molecule has 0 aliphatic carbocycles. The second kappa shape index (κ2) is 5.02. The highest BCUT2D eigenvalue weighted by Crippen LogP contribution is 2.34. The van der Waals surface area contributed by atoms with Gasteiger partial charge < -0.3 is 15.2 Å². The summed E-state index contributed by atoms with van der Waals surface area (Å²) in [5.41, 5.74) is 2.70. The molecule has 4 heteroatoms. The summed E-state index contributed by atoms with van der Waals surface area (Å²) >= 11 is 5.98. The number of aliphatic hydroxyl groups is 1. The van der Waals surface area contributed by atoms with Crippen LogP contribution in [0.5, 0.6) is 0 Å². The molecule has 0 aromatic heterocycles. The van der Waals surface area contributed by atoms with E-state index >= 15 is 0 Å². The van der Waals surface area contributed by atoms with E-state index in [9.17, 15) is 9.90 Å². The van der Waals surface area contributed by atoms with Gasteiger partial charge in [-0.25, -0.2) is 0 Å². The zero-order valence-electron chi connectivity index (χ0n) is 10.5. The first kappa shape index (κ1) is 12.8. The molecule has 2 aromatic rings. The van der Waals surface area contributed by atoms with E-state index < -0.39 is 6.04 Å². The number of benzene rings is 2. The fourth-order valence-electron chi connectivity index (χ4n) is 2.39. The number of hydrogen-bond acceptors (Lipinski definition) is 3. The van der Waals surface area contributed by atoms with Crippen molar-refractivity contribution < 1.29 is 9.90 Å². The van der Waals surface area contributed by atoms with E-state index in [-0.39, 0.29) is 5.76 Å². The second-order valence-corrected chi connectivity index (χ2v) is 5.02. The van der Waals surface area contributed by atoms with E-state index in [1.807, 2.05) is 24.3 Å². The molecule has 0 bridgehead atoms. The quantitative estimate of drug-likeness (QED) is 0.830. The first-order valence-electron chi connectivity index (χ1n) is 6.21. The minimum Gasteiger partial charge on any atom is -0.505 e. The van der Waals surface area contributed by atoms with Crippen molar-refractivity contribution in [2.24, 2.45) is 0 Å². The molecule has 1 aliphatic heterocycles. The Hall–Kier alpha value is -2.26. The maximum Gasteiger partial charge on any atom is 0.146 e. The molecule has 1 unspecified atom stereocenters. The third kappa shape index (κ3) is 2.06. The predicted octanol–water partition coefficient (Wildman–Crippen LogP) is 3.57. The van der Waals surface area contributed by atoms with Crippen LogP contribution in [0.25, 0.3) is 11.5 Å². The van der Waals surface area contributed by atoms with E-state index in [1.165, 1.54) is 0 Å². The van der Waals surface area contributed by atoms with Crippen molar-refractivity contribution in [3.05, 3.63) is 70.2 Å². The maximum absolute atomic E-state index is 11.3. The number of nitrogens with one attached hydrogen (secondary N) is 1. The number of fused-ring (bicyclic) bond motifs is 1. The molecule has 1 atom stereocenters. The van der Waals surface area contributed by atoms with E-state index in [0.29, 0.717) is 16.3 Å². The highest BCUT2D eigenvalue weighted by Gasteiger charge is 2.26. The molecule has 3 nitrogen and oxygen atoms in total. The van der Waals surface area contributed by atoms with Crippen LogP contribution in [0.3, 0.4) is 0 Å². The Kier molecular flexibility index (Phi) is 3.20. The van der Waals surface area contributed by atoms with Crippen LogP contribution in [0.4, 0.5) is 0 Å². The fraction of sp³-hybridized carbons (Fsp3) is 0.0625. The normalized spacial score (nSPS) is 17.4. The molecule has 0 fully saturated rings. The molecule has 2 N–H and O–H groups in total. The molecule has 0 radical (unpaired) electrons. The Bertz CT molecular complexity index is 709. The average molecular weight is 286 g/mol.